The summed E-state index contributed by atoms with van der Waals surface area (Å²) in [5.74, 6) is 0.698. The second kappa shape index (κ2) is 5.82. The molecule has 1 nitrogen and oxygen atoms in total. The predicted molar refractivity (Wildman–Crippen MR) is 62.5 cm³/mol. The Hall–Kier alpha value is -0.820. The quantitative estimate of drug-likeness (QED) is 0.753. The van der Waals surface area contributed by atoms with Crippen molar-refractivity contribution >= 4 is 0 Å². The summed E-state index contributed by atoms with van der Waals surface area (Å²) in [6.07, 6.45) is 2.55. The Bertz CT molecular complexity index is 250. The lowest BCUT2D eigenvalue weighted by atomic mass is 9.96. The fraction of sp³-hybridized carbons (Fsp3) is 0.538. The van der Waals surface area contributed by atoms with Gasteiger partial charge in [-0.1, -0.05) is 44.5 Å². The Kier molecular flexibility index (Phi) is 4.68. The zero-order valence-electron chi connectivity index (χ0n) is 9.51. The van der Waals surface area contributed by atoms with Crippen LogP contribution in [0, 0.1) is 0 Å². The molecule has 1 unspecified atom stereocenters. The molecule has 78 valence electrons. The fourth-order valence-electron chi connectivity index (χ4n) is 1.77. The fourth-order valence-corrected chi connectivity index (χ4v) is 1.77. The Morgan fingerprint density at radius 3 is 2.36 bits per heavy atom. The first-order valence-corrected chi connectivity index (χ1v) is 5.51. The van der Waals surface area contributed by atoms with Crippen LogP contribution in [0.1, 0.15) is 43.7 Å². The molecule has 0 amide bonds. The summed E-state index contributed by atoms with van der Waals surface area (Å²) in [5, 5.41) is 3.16. The van der Waals surface area contributed by atoms with Crippen LogP contribution in [0.3, 0.4) is 0 Å². The molecule has 1 heteroatoms. The van der Waals surface area contributed by atoms with Crippen LogP contribution in [-0.2, 0) is 6.54 Å². The van der Waals surface area contributed by atoms with Crippen molar-refractivity contribution in [2.45, 2.75) is 39.2 Å². The topological polar surface area (TPSA) is 12.0 Å². The van der Waals surface area contributed by atoms with Crippen molar-refractivity contribution in [2.24, 2.45) is 0 Å². The Morgan fingerprint density at radius 1 is 1.21 bits per heavy atom. The zero-order valence-corrected chi connectivity index (χ0v) is 9.51. The van der Waals surface area contributed by atoms with Gasteiger partial charge >= 0.3 is 0 Å². The number of rotatable bonds is 5. The molecular formula is C13H21N. The number of hydrogen-bond acceptors (Lipinski definition) is 1. The van der Waals surface area contributed by atoms with Gasteiger partial charge < -0.3 is 5.32 Å². The van der Waals surface area contributed by atoms with Gasteiger partial charge in [-0.05, 0) is 30.5 Å². The summed E-state index contributed by atoms with van der Waals surface area (Å²) in [7, 11) is 1.98. The van der Waals surface area contributed by atoms with Gasteiger partial charge in [0.25, 0.3) is 0 Å². The summed E-state index contributed by atoms with van der Waals surface area (Å²) in [4.78, 5) is 0. The Labute approximate surface area is 87.5 Å². The molecule has 0 radical (unpaired) electrons. The van der Waals surface area contributed by atoms with Gasteiger partial charge in [0.15, 0.2) is 0 Å². The van der Waals surface area contributed by atoms with Gasteiger partial charge in [-0.25, -0.2) is 0 Å². The van der Waals surface area contributed by atoms with E-state index in [1.807, 2.05) is 7.05 Å². The zero-order chi connectivity index (χ0) is 10.4. The molecular weight excluding hydrogens is 170 g/mol. The molecule has 14 heavy (non-hydrogen) atoms. The molecule has 1 aromatic rings. The average Bonchev–Trinajstić information content (AvgIpc) is 2.20. The van der Waals surface area contributed by atoms with E-state index in [9.17, 15) is 0 Å². The van der Waals surface area contributed by atoms with Crippen LogP contribution in [0.25, 0.3) is 0 Å². The largest absolute Gasteiger partial charge is 0.316 e. The molecule has 0 spiro atoms. The minimum atomic E-state index is 0.698. The highest BCUT2D eigenvalue weighted by atomic mass is 14.8. The molecule has 1 aromatic carbocycles. The van der Waals surface area contributed by atoms with E-state index >= 15 is 0 Å². The maximum atomic E-state index is 3.16. The molecule has 0 fully saturated rings. The summed E-state index contributed by atoms with van der Waals surface area (Å²) in [6.45, 7) is 5.50. The third-order valence-electron chi connectivity index (χ3n) is 2.65. The summed E-state index contributed by atoms with van der Waals surface area (Å²) in [5.41, 5.74) is 2.83. The SMILES string of the molecule is CCCC(C)c1ccc(CNC)cc1. The van der Waals surface area contributed by atoms with E-state index in [2.05, 4.69) is 43.4 Å². The molecule has 1 rings (SSSR count). The molecule has 0 aliphatic heterocycles. The molecule has 0 saturated carbocycles. The average molecular weight is 191 g/mol. The van der Waals surface area contributed by atoms with Crippen LogP contribution < -0.4 is 5.32 Å². The van der Waals surface area contributed by atoms with Crippen molar-refractivity contribution in [3.63, 3.8) is 0 Å². The molecule has 0 heterocycles. The van der Waals surface area contributed by atoms with Crippen LogP contribution in [-0.4, -0.2) is 7.05 Å². The van der Waals surface area contributed by atoms with Crippen LogP contribution in [0.15, 0.2) is 24.3 Å². The van der Waals surface area contributed by atoms with Crippen molar-refractivity contribution in [1.82, 2.24) is 5.32 Å². The standard InChI is InChI=1S/C13H21N/c1-4-5-11(2)13-8-6-12(7-9-13)10-14-3/h6-9,11,14H,4-5,10H2,1-3H3. The lowest BCUT2D eigenvalue weighted by Crippen LogP contribution is -2.05. The van der Waals surface area contributed by atoms with Gasteiger partial charge in [-0.3, -0.25) is 0 Å². The highest BCUT2D eigenvalue weighted by Gasteiger charge is 2.03. The van der Waals surface area contributed by atoms with E-state index in [1.54, 1.807) is 0 Å². The van der Waals surface area contributed by atoms with E-state index in [0.29, 0.717) is 5.92 Å². The van der Waals surface area contributed by atoms with E-state index in [4.69, 9.17) is 0 Å². The molecule has 0 aliphatic rings. The van der Waals surface area contributed by atoms with Crippen molar-refractivity contribution in [2.75, 3.05) is 7.05 Å². The molecule has 0 aromatic heterocycles. The second-order valence-corrected chi connectivity index (χ2v) is 3.96. The second-order valence-electron chi connectivity index (χ2n) is 3.96. The van der Waals surface area contributed by atoms with E-state index in [0.717, 1.165) is 6.54 Å². The van der Waals surface area contributed by atoms with Gasteiger partial charge in [0.2, 0.25) is 0 Å². The summed E-state index contributed by atoms with van der Waals surface area (Å²) < 4.78 is 0. The van der Waals surface area contributed by atoms with Crippen molar-refractivity contribution in [3.8, 4) is 0 Å². The predicted octanol–water partition coefficient (Wildman–Crippen LogP) is 3.31. The van der Waals surface area contributed by atoms with E-state index < -0.39 is 0 Å². The van der Waals surface area contributed by atoms with Crippen LogP contribution >= 0.6 is 0 Å². The minimum absolute atomic E-state index is 0.698. The number of hydrogen-bond donors (Lipinski definition) is 1. The Balaban J connectivity index is 2.62. The van der Waals surface area contributed by atoms with E-state index in [-0.39, 0.29) is 0 Å². The monoisotopic (exact) mass is 191 g/mol. The third-order valence-corrected chi connectivity index (χ3v) is 2.65. The molecule has 1 atom stereocenters. The number of benzene rings is 1. The maximum absolute atomic E-state index is 3.16. The van der Waals surface area contributed by atoms with Gasteiger partial charge in [0.1, 0.15) is 0 Å². The van der Waals surface area contributed by atoms with Crippen molar-refractivity contribution in [1.29, 1.82) is 0 Å². The summed E-state index contributed by atoms with van der Waals surface area (Å²) in [6, 6.07) is 8.95. The van der Waals surface area contributed by atoms with Crippen molar-refractivity contribution in [3.05, 3.63) is 35.4 Å². The van der Waals surface area contributed by atoms with Gasteiger partial charge in [0.05, 0.1) is 0 Å². The lowest BCUT2D eigenvalue weighted by Gasteiger charge is -2.11. The van der Waals surface area contributed by atoms with Gasteiger partial charge in [-0.2, -0.15) is 0 Å². The highest BCUT2D eigenvalue weighted by molar-refractivity contribution is 5.24. The van der Waals surface area contributed by atoms with Crippen molar-refractivity contribution < 1.29 is 0 Å². The van der Waals surface area contributed by atoms with E-state index in [1.165, 1.54) is 24.0 Å². The first kappa shape index (κ1) is 11.3. The van der Waals surface area contributed by atoms with Crippen LogP contribution in [0.2, 0.25) is 0 Å². The third kappa shape index (κ3) is 3.15. The number of nitrogens with one attached hydrogen (secondary N) is 1. The molecule has 0 saturated heterocycles. The molecule has 0 aliphatic carbocycles. The van der Waals surface area contributed by atoms with Crippen LogP contribution in [0.4, 0.5) is 0 Å². The minimum Gasteiger partial charge on any atom is -0.316 e. The first-order chi connectivity index (χ1) is 6.77. The van der Waals surface area contributed by atoms with Gasteiger partial charge in [0, 0.05) is 6.54 Å². The summed E-state index contributed by atoms with van der Waals surface area (Å²) >= 11 is 0. The highest BCUT2D eigenvalue weighted by Crippen LogP contribution is 2.20. The first-order valence-electron chi connectivity index (χ1n) is 5.51. The van der Waals surface area contributed by atoms with Gasteiger partial charge in [-0.15, -0.1) is 0 Å². The Morgan fingerprint density at radius 2 is 1.86 bits per heavy atom. The molecule has 0 bridgehead atoms. The lowest BCUT2D eigenvalue weighted by molar-refractivity contribution is 0.664. The normalized spacial score (nSPS) is 12.8. The molecule has 1 N–H and O–H groups in total. The smallest absolute Gasteiger partial charge is 0.0202 e. The maximum Gasteiger partial charge on any atom is 0.0202 e. The van der Waals surface area contributed by atoms with Crippen LogP contribution in [0.5, 0.6) is 0 Å².